The maximum atomic E-state index is 11.2. The summed E-state index contributed by atoms with van der Waals surface area (Å²) in [5.41, 5.74) is 2.58. The molecule has 2 nitrogen and oxygen atoms in total. The van der Waals surface area contributed by atoms with Crippen molar-refractivity contribution in [3.05, 3.63) is 35.4 Å². The van der Waals surface area contributed by atoms with E-state index in [2.05, 4.69) is 31.2 Å². The van der Waals surface area contributed by atoms with Crippen molar-refractivity contribution in [2.24, 2.45) is 5.92 Å². The molecular formula is C15H22BO2. The van der Waals surface area contributed by atoms with Crippen molar-refractivity contribution >= 4 is 14.4 Å². The highest BCUT2D eigenvalue weighted by Gasteiger charge is 2.25. The molecule has 0 saturated carbocycles. The van der Waals surface area contributed by atoms with E-state index in [0.717, 1.165) is 19.3 Å². The van der Waals surface area contributed by atoms with Crippen LogP contribution in [0.15, 0.2) is 24.3 Å². The second-order valence-corrected chi connectivity index (χ2v) is 4.18. The van der Waals surface area contributed by atoms with Crippen LogP contribution in [-0.4, -0.2) is 21.0 Å². The number of cyclic esters (lactones) is 1. The molecule has 1 heterocycles. The van der Waals surface area contributed by atoms with Crippen molar-refractivity contribution in [3.63, 3.8) is 0 Å². The van der Waals surface area contributed by atoms with E-state index in [1.54, 1.807) is 0 Å². The predicted molar refractivity (Wildman–Crippen MR) is 75.7 cm³/mol. The highest BCUT2D eigenvalue weighted by molar-refractivity contribution is 5.75. The molecule has 3 heteroatoms. The number of ether oxygens (including phenoxy) is 1. The zero-order chi connectivity index (χ0) is 12.7. The summed E-state index contributed by atoms with van der Waals surface area (Å²) < 4.78 is 4.93. The minimum atomic E-state index is -0.0119. The SMILES string of the molecule is CC.Cc1ccc(CCC2CCOC2=O)cc1.[B]. The number of hydrogen-bond acceptors (Lipinski definition) is 2. The van der Waals surface area contributed by atoms with Gasteiger partial charge in [0, 0.05) is 8.41 Å². The summed E-state index contributed by atoms with van der Waals surface area (Å²) in [6.07, 6.45) is 2.78. The van der Waals surface area contributed by atoms with Gasteiger partial charge < -0.3 is 4.74 Å². The largest absolute Gasteiger partial charge is 0.465 e. The van der Waals surface area contributed by atoms with Gasteiger partial charge >= 0.3 is 5.97 Å². The van der Waals surface area contributed by atoms with Crippen molar-refractivity contribution in [2.75, 3.05) is 6.61 Å². The van der Waals surface area contributed by atoms with Crippen molar-refractivity contribution in [2.45, 2.75) is 40.0 Å². The summed E-state index contributed by atoms with van der Waals surface area (Å²) >= 11 is 0. The Kier molecular flexibility index (Phi) is 8.18. The molecular weight excluding hydrogens is 223 g/mol. The van der Waals surface area contributed by atoms with Gasteiger partial charge in [-0.3, -0.25) is 4.79 Å². The smallest absolute Gasteiger partial charge is 0.309 e. The second-order valence-electron chi connectivity index (χ2n) is 4.18. The lowest BCUT2D eigenvalue weighted by Gasteiger charge is -2.05. The van der Waals surface area contributed by atoms with Crippen LogP contribution in [0.4, 0.5) is 0 Å². The summed E-state index contributed by atoms with van der Waals surface area (Å²) in [5.74, 6) is 0.119. The molecule has 0 spiro atoms. The number of aryl methyl sites for hydroxylation is 2. The van der Waals surface area contributed by atoms with E-state index in [1.165, 1.54) is 11.1 Å². The summed E-state index contributed by atoms with van der Waals surface area (Å²) in [6, 6.07) is 8.50. The van der Waals surface area contributed by atoms with Crippen LogP contribution in [0.5, 0.6) is 0 Å². The van der Waals surface area contributed by atoms with E-state index in [4.69, 9.17) is 4.74 Å². The molecule has 1 aliphatic heterocycles. The molecule has 0 amide bonds. The highest BCUT2D eigenvalue weighted by Crippen LogP contribution is 2.20. The lowest BCUT2D eigenvalue weighted by atomic mass is 9.98. The fourth-order valence-corrected chi connectivity index (χ4v) is 1.90. The minimum Gasteiger partial charge on any atom is -0.465 e. The third-order valence-corrected chi connectivity index (χ3v) is 2.95. The van der Waals surface area contributed by atoms with Crippen LogP contribution in [-0.2, 0) is 16.0 Å². The third-order valence-electron chi connectivity index (χ3n) is 2.95. The zero-order valence-corrected chi connectivity index (χ0v) is 11.6. The van der Waals surface area contributed by atoms with Gasteiger partial charge in [-0.15, -0.1) is 0 Å². The minimum absolute atomic E-state index is 0. The summed E-state index contributed by atoms with van der Waals surface area (Å²) in [7, 11) is 0. The Bertz CT molecular complexity index is 346. The van der Waals surface area contributed by atoms with Gasteiger partial charge in [-0.2, -0.15) is 0 Å². The first-order valence-electron chi connectivity index (χ1n) is 6.48. The molecule has 2 rings (SSSR count). The fraction of sp³-hybridized carbons (Fsp3) is 0.533. The first-order valence-corrected chi connectivity index (χ1v) is 6.48. The number of rotatable bonds is 3. The monoisotopic (exact) mass is 245 g/mol. The standard InChI is InChI=1S/C13H16O2.C2H6.B/c1-10-2-4-11(5-3-10)6-7-12-8-9-15-13(12)14;1-2;/h2-5,12H,6-9H2,1H3;1-2H3;. The van der Waals surface area contributed by atoms with Crippen molar-refractivity contribution in [1.29, 1.82) is 0 Å². The molecule has 1 aromatic carbocycles. The van der Waals surface area contributed by atoms with E-state index in [0.29, 0.717) is 6.61 Å². The van der Waals surface area contributed by atoms with Gasteiger partial charge in [0.05, 0.1) is 12.5 Å². The van der Waals surface area contributed by atoms with Crippen LogP contribution in [0.1, 0.15) is 37.8 Å². The number of benzene rings is 1. The third kappa shape index (κ3) is 4.95. The number of hydrogen-bond donors (Lipinski definition) is 0. The quantitative estimate of drug-likeness (QED) is 0.604. The molecule has 1 saturated heterocycles. The van der Waals surface area contributed by atoms with Gasteiger partial charge in [-0.05, 0) is 31.7 Å². The molecule has 0 bridgehead atoms. The molecule has 0 aromatic heterocycles. The molecule has 0 aliphatic carbocycles. The van der Waals surface area contributed by atoms with Gasteiger partial charge in [0.2, 0.25) is 0 Å². The molecule has 1 atom stereocenters. The van der Waals surface area contributed by atoms with Crippen LogP contribution in [0.25, 0.3) is 0 Å². The van der Waals surface area contributed by atoms with Crippen LogP contribution in [0.3, 0.4) is 0 Å². The lowest BCUT2D eigenvalue weighted by Crippen LogP contribution is -2.08. The lowest BCUT2D eigenvalue weighted by molar-refractivity contribution is -0.141. The molecule has 1 aliphatic rings. The van der Waals surface area contributed by atoms with Crippen LogP contribution in [0.2, 0.25) is 0 Å². The Morgan fingerprint density at radius 1 is 1.22 bits per heavy atom. The topological polar surface area (TPSA) is 26.3 Å². The van der Waals surface area contributed by atoms with E-state index in [-0.39, 0.29) is 20.3 Å². The van der Waals surface area contributed by atoms with Crippen LogP contribution in [0, 0.1) is 12.8 Å². The van der Waals surface area contributed by atoms with Gasteiger partial charge in [0.15, 0.2) is 0 Å². The second kappa shape index (κ2) is 8.79. The predicted octanol–water partition coefficient (Wildman–Crippen LogP) is 3.14. The zero-order valence-electron chi connectivity index (χ0n) is 11.6. The Labute approximate surface area is 112 Å². The summed E-state index contributed by atoms with van der Waals surface area (Å²) in [5, 5.41) is 0. The number of esters is 1. The molecule has 97 valence electrons. The maximum Gasteiger partial charge on any atom is 0.309 e. The number of carbonyl (C=O) groups is 1. The van der Waals surface area contributed by atoms with Crippen molar-refractivity contribution < 1.29 is 9.53 Å². The van der Waals surface area contributed by atoms with Crippen molar-refractivity contribution in [3.8, 4) is 0 Å². The van der Waals surface area contributed by atoms with E-state index >= 15 is 0 Å². The van der Waals surface area contributed by atoms with Gasteiger partial charge in [-0.25, -0.2) is 0 Å². The first-order chi connectivity index (χ1) is 8.25. The fourth-order valence-electron chi connectivity index (χ4n) is 1.90. The molecule has 1 aromatic rings. The highest BCUT2D eigenvalue weighted by atomic mass is 16.5. The maximum absolute atomic E-state index is 11.2. The Morgan fingerprint density at radius 3 is 2.33 bits per heavy atom. The molecule has 3 radical (unpaired) electrons. The number of carbonyl (C=O) groups excluding carboxylic acids is 1. The molecule has 1 fully saturated rings. The normalized spacial score (nSPS) is 17.3. The average molecular weight is 245 g/mol. The van der Waals surface area contributed by atoms with Gasteiger partial charge in [0.1, 0.15) is 0 Å². The summed E-state index contributed by atoms with van der Waals surface area (Å²) in [4.78, 5) is 11.2. The molecule has 18 heavy (non-hydrogen) atoms. The van der Waals surface area contributed by atoms with E-state index in [1.807, 2.05) is 13.8 Å². The molecule has 0 N–H and O–H groups in total. The van der Waals surface area contributed by atoms with Crippen LogP contribution < -0.4 is 0 Å². The first kappa shape index (κ1) is 16.8. The van der Waals surface area contributed by atoms with Crippen molar-refractivity contribution in [1.82, 2.24) is 0 Å². The Hall–Kier alpha value is -1.25. The van der Waals surface area contributed by atoms with E-state index < -0.39 is 0 Å². The van der Waals surface area contributed by atoms with Gasteiger partial charge in [0.25, 0.3) is 0 Å². The molecule has 1 unspecified atom stereocenters. The van der Waals surface area contributed by atoms with E-state index in [9.17, 15) is 4.79 Å². The van der Waals surface area contributed by atoms with Crippen LogP contribution >= 0.6 is 0 Å². The Morgan fingerprint density at radius 2 is 1.83 bits per heavy atom. The average Bonchev–Trinajstić information content (AvgIpc) is 2.77. The Balaban J connectivity index is 0.000000917. The summed E-state index contributed by atoms with van der Waals surface area (Å²) in [6.45, 7) is 6.69. The van der Waals surface area contributed by atoms with Gasteiger partial charge in [-0.1, -0.05) is 43.7 Å².